The number of quaternary nitrogens is 1. The van der Waals surface area contributed by atoms with Crippen LogP contribution in [0.1, 0.15) is 12.8 Å². The Hall–Kier alpha value is -0.500. The number of likely N-dealkylation sites (N-methyl/N-ethyl adjacent to an activating group) is 1. The Kier molecular flexibility index (Phi) is 2.94. The topological polar surface area (TPSA) is 9.23 Å². The summed E-state index contributed by atoms with van der Waals surface area (Å²) >= 11 is 0. The van der Waals surface area contributed by atoms with Crippen LogP contribution in [0.25, 0.3) is 0 Å². The van der Waals surface area contributed by atoms with Crippen LogP contribution < -0.4 is 0 Å². The van der Waals surface area contributed by atoms with Crippen LogP contribution in [-0.2, 0) is 4.74 Å². The molecule has 0 aromatic carbocycles. The quantitative estimate of drug-likeness (QED) is 0.339. The third kappa shape index (κ3) is 2.54. The molecule has 0 aromatic rings. The highest BCUT2D eigenvalue weighted by atomic mass is 16.5. The van der Waals surface area contributed by atoms with Crippen LogP contribution in [0, 0.1) is 0 Å². The first-order valence-corrected chi connectivity index (χ1v) is 4.33. The summed E-state index contributed by atoms with van der Waals surface area (Å²) in [7, 11) is 2.31. The molecule has 0 aliphatic carbocycles. The van der Waals surface area contributed by atoms with Crippen molar-refractivity contribution < 1.29 is 9.22 Å². The molecule has 0 bridgehead atoms. The summed E-state index contributed by atoms with van der Waals surface area (Å²) in [5, 5.41) is 0. The number of ether oxygens (including phenoxy) is 1. The number of hydrogen-bond acceptors (Lipinski definition) is 1. The predicted octanol–water partition coefficient (Wildman–Crippen LogP) is 1.39. The molecule has 0 unspecified atom stereocenters. The maximum absolute atomic E-state index is 5.11. The third-order valence-corrected chi connectivity index (χ3v) is 2.51. The van der Waals surface area contributed by atoms with Crippen LogP contribution in [0.15, 0.2) is 12.8 Å². The van der Waals surface area contributed by atoms with E-state index in [1.54, 1.807) is 0 Å². The van der Waals surface area contributed by atoms with Crippen molar-refractivity contribution >= 4 is 0 Å². The summed E-state index contributed by atoms with van der Waals surface area (Å²) in [5.74, 6) is 0. The highest BCUT2D eigenvalue weighted by Crippen LogP contribution is 2.15. The minimum Gasteiger partial charge on any atom is -0.496 e. The molecule has 1 fully saturated rings. The number of nitrogens with zero attached hydrogens (tertiary/aromatic N) is 1. The fourth-order valence-electron chi connectivity index (χ4n) is 1.68. The molecule has 1 aliphatic heterocycles. The maximum Gasteiger partial charge on any atom is 0.136 e. The van der Waals surface area contributed by atoms with Gasteiger partial charge in [0.15, 0.2) is 0 Å². The fourth-order valence-corrected chi connectivity index (χ4v) is 1.68. The van der Waals surface area contributed by atoms with Crippen molar-refractivity contribution in [2.45, 2.75) is 12.8 Å². The van der Waals surface area contributed by atoms with Crippen molar-refractivity contribution in [1.82, 2.24) is 0 Å². The van der Waals surface area contributed by atoms with E-state index >= 15 is 0 Å². The van der Waals surface area contributed by atoms with E-state index in [4.69, 9.17) is 4.74 Å². The largest absolute Gasteiger partial charge is 0.496 e. The van der Waals surface area contributed by atoms with Crippen LogP contribution in [0.4, 0.5) is 0 Å². The van der Waals surface area contributed by atoms with E-state index in [-0.39, 0.29) is 0 Å². The molecule has 0 atom stereocenters. The molecular formula is C9H18NO+. The molecule has 64 valence electrons. The Balaban J connectivity index is 2.17. The number of hydrogen-bond donors (Lipinski definition) is 0. The van der Waals surface area contributed by atoms with Crippen molar-refractivity contribution in [3.05, 3.63) is 12.8 Å². The molecule has 2 heteroatoms. The fraction of sp³-hybridized carbons (Fsp3) is 0.778. The van der Waals surface area contributed by atoms with Crippen molar-refractivity contribution in [2.75, 3.05) is 33.3 Å². The Labute approximate surface area is 69.0 Å². The SMILES string of the molecule is C=COCC[N+]1(C)CCCC1. The maximum atomic E-state index is 5.11. The zero-order valence-electron chi connectivity index (χ0n) is 7.38. The lowest BCUT2D eigenvalue weighted by Crippen LogP contribution is -2.43. The van der Waals surface area contributed by atoms with E-state index in [0.717, 1.165) is 13.2 Å². The summed E-state index contributed by atoms with van der Waals surface area (Å²) in [4.78, 5) is 0. The summed E-state index contributed by atoms with van der Waals surface area (Å²) in [6.07, 6.45) is 4.29. The second-order valence-electron chi connectivity index (χ2n) is 3.53. The Bertz CT molecular complexity index is 128. The molecule has 1 saturated heterocycles. The molecule has 0 amide bonds. The number of likely N-dealkylation sites (tertiary alicyclic amines) is 1. The monoisotopic (exact) mass is 156 g/mol. The average molecular weight is 156 g/mol. The van der Waals surface area contributed by atoms with Gasteiger partial charge in [-0.15, -0.1) is 0 Å². The van der Waals surface area contributed by atoms with Crippen LogP contribution in [0.3, 0.4) is 0 Å². The zero-order valence-corrected chi connectivity index (χ0v) is 7.38. The van der Waals surface area contributed by atoms with Gasteiger partial charge in [-0.25, -0.2) is 0 Å². The minimum absolute atomic E-state index is 0.819. The smallest absolute Gasteiger partial charge is 0.136 e. The van der Waals surface area contributed by atoms with Crippen LogP contribution in [-0.4, -0.2) is 37.8 Å². The standard InChI is InChI=1S/C9H18NO/c1-3-11-9-8-10(2)6-4-5-7-10/h3H,1,4-9H2,2H3/q+1. The predicted molar refractivity (Wildman–Crippen MR) is 46.2 cm³/mol. The van der Waals surface area contributed by atoms with Crippen molar-refractivity contribution in [3.63, 3.8) is 0 Å². The van der Waals surface area contributed by atoms with Gasteiger partial charge < -0.3 is 9.22 Å². The molecule has 0 radical (unpaired) electrons. The lowest BCUT2D eigenvalue weighted by Gasteiger charge is -2.28. The van der Waals surface area contributed by atoms with Crippen molar-refractivity contribution in [1.29, 1.82) is 0 Å². The molecular weight excluding hydrogens is 138 g/mol. The van der Waals surface area contributed by atoms with Gasteiger partial charge in [0.05, 0.1) is 26.4 Å². The second-order valence-corrected chi connectivity index (χ2v) is 3.53. The molecule has 1 rings (SSSR count). The minimum atomic E-state index is 0.819. The van der Waals surface area contributed by atoms with E-state index in [2.05, 4.69) is 13.6 Å². The van der Waals surface area contributed by atoms with Gasteiger partial charge >= 0.3 is 0 Å². The van der Waals surface area contributed by atoms with Gasteiger partial charge in [0, 0.05) is 12.8 Å². The second kappa shape index (κ2) is 3.77. The lowest BCUT2D eigenvalue weighted by molar-refractivity contribution is -0.897. The van der Waals surface area contributed by atoms with E-state index in [0.29, 0.717) is 0 Å². The summed E-state index contributed by atoms with van der Waals surface area (Å²) < 4.78 is 6.30. The summed E-state index contributed by atoms with van der Waals surface area (Å²) in [6.45, 7) is 8.11. The zero-order chi connectivity index (χ0) is 8.16. The molecule has 11 heavy (non-hydrogen) atoms. The van der Waals surface area contributed by atoms with Gasteiger partial charge in [-0.1, -0.05) is 6.58 Å². The van der Waals surface area contributed by atoms with Crippen molar-refractivity contribution in [2.24, 2.45) is 0 Å². The summed E-state index contributed by atoms with van der Waals surface area (Å²) in [6, 6.07) is 0. The highest BCUT2D eigenvalue weighted by Gasteiger charge is 2.25. The molecule has 1 aliphatic rings. The first-order chi connectivity index (χ1) is 5.27. The van der Waals surface area contributed by atoms with Gasteiger partial charge in [0.25, 0.3) is 0 Å². The first kappa shape index (κ1) is 8.60. The normalized spacial score (nSPS) is 21.5. The van der Waals surface area contributed by atoms with Crippen LogP contribution in [0.2, 0.25) is 0 Å². The van der Waals surface area contributed by atoms with Crippen molar-refractivity contribution in [3.8, 4) is 0 Å². The van der Waals surface area contributed by atoms with E-state index < -0.39 is 0 Å². The average Bonchev–Trinajstić information content (AvgIpc) is 2.38. The van der Waals surface area contributed by atoms with Gasteiger partial charge in [-0.3, -0.25) is 0 Å². The van der Waals surface area contributed by atoms with Gasteiger partial charge in [-0.2, -0.15) is 0 Å². The Morgan fingerprint density at radius 3 is 2.64 bits per heavy atom. The third-order valence-electron chi connectivity index (χ3n) is 2.51. The van der Waals surface area contributed by atoms with Crippen LogP contribution >= 0.6 is 0 Å². The van der Waals surface area contributed by atoms with Gasteiger partial charge in [0.1, 0.15) is 13.2 Å². The highest BCUT2D eigenvalue weighted by molar-refractivity contribution is 4.53. The molecule has 0 N–H and O–H groups in total. The molecule has 0 aromatic heterocycles. The molecule has 0 saturated carbocycles. The number of rotatable bonds is 4. The van der Waals surface area contributed by atoms with E-state index in [1.165, 1.54) is 36.7 Å². The van der Waals surface area contributed by atoms with E-state index in [1.807, 2.05) is 0 Å². The first-order valence-electron chi connectivity index (χ1n) is 4.33. The van der Waals surface area contributed by atoms with Gasteiger partial charge in [-0.05, 0) is 0 Å². The summed E-state index contributed by atoms with van der Waals surface area (Å²) in [5.41, 5.74) is 0. The molecule has 0 spiro atoms. The van der Waals surface area contributed by atoms with Crippen LogP contribution in [0.5, 0.6) is 0 Å². The lowest BCUT2D eigenvalue weighted by atomic mass is 10.4. The Morgan fingerprint density at radius 1 is 1.45 bits per heavy atom. The Morgan fingerprint density at radius 2 is 2.09 bits per heavy atom. The molecule has 1 heterocycles. The molecule has 2 nitrogen and oxygen atoms in total. The van der Waals surface area contributed by atoms with E-state index in [9.17, 15) is 0 Å². The van der Waals surface area contributed by atoms with Gasteiger partial charge in [0.2, 0.25) is 0 Å².